The summed E-state index contributed by atoms with van der Waals surface area (Å²) in [7, 11) is 0. The van der Waals surface area contributed by atoms with Crippen molar-refractivity contribution in [2.24, 2.45) is 11.7 Å². The molecule has 0 aliphatic carbocycles. The van der Waals surface area contributed by atoms with Crippen LogP contribution in [0.4, 0.5) is 0 Å². The van der Waals surface area contributed by atoms with Gasteiger partial charge in [0.05, 0.1) is 0 Å². The first-order valence-corrected chi connectivity index (χ1v) is 8.69. The lowest BCUT2D eigenvalue weighted by Gasteiger charge is -2.48. The third-order valence-corrected chi connectivity index (χ3v) is 5.76. The van der Waals surface area contributed by atoms with Crippen LogP contribution in [0, 0.1) is 5.92 Å². The van der Waals surface area contributed by atoms with E-state index < -0.39 is 0 Å². The fourth-order valence-electron chi connectivity index (χ4n) is 4.25. The first-order chi connectivity index (χ1) is 10.4. The molecule has 2 N–H and O–H groups in total. The number of nitrogens with zero attached hydrogens (tertiary/aromatic N) is 1. The highest BCUT2D eigenvalue weighted by atomic mass is 16.5. The van der Waals surface area contributed by atoms with E-state index in [1.165, 1.54) is 19.3 Å². The zero-order valence-corrected chi connectivity index (χ0v) is 14.4. The molecule has 2 aliphatic rings. The predicted molar refractivity (Wildman–Crippen MR) is 91.0 cm³/mol. The van der Waals surface area contributed by atoms with Gasteiger partial charge in [0.15, 0.2) is 0 Å². The SMILES string of the molecule is CC1CCCC(C)N1CC1C(N)c2ccccc2OC1(C)C. The van der Waals surface area contributed by atoms with E-state index >= 15 is 0 Å². The molecule has 3 rings (SSSR count). The number of nitrogens with two attached hydrogens (primary N) is 1. The molecule has 122 valence electrons. The van der Waals surface area contributed by atoms with E-state index in [4.69, 9.17) is 10.5 Å². The molecule has 22 heavy (non-hydrogen) atoms. The summed E-state index contributed by atoms with van der Waals surface area (Å²) in [4.78, 5) is 2.65. The number of fused-ring (bicyclic) bond motifs is 1. The van der Waals surface area contributed by atoms with E-state index in [0.717, 1.165) is 17.9 Å². The number of piperidine rings is 1. The van der Waals surface area contributed by atoms with Gasteiger partial charge < -0.3 is 10.5 Å². The average Bonchev–Trinajstić information content (AvgIpc) is 2.45. The highest BCUT2D eigenvalue weighted by Crippen LogP contribution is 2.43. The third-order valence-electron chi connectivity index (χ3n) is 5.76. The number of benzene rings is 1. The van der Waals surface area contributed by atoms with Crippen molar-refractivity contribution in [1.29, 1.82) is 0 Å². The monoisotopic (exact) mass is 302 g/mol. The van der Waals surface area contributed by atoms with Gasteiger partial charge in [0.25, 0.3) is 0 Å². The first kappa shape index (κ1) is 15.8. The van der Waals surface area contributed by atoms with Gasteiger partial charge >= 0.3 is 0 Å². The second kappa shape index (κ2) is 5.86. The fourth-order valence-corrected chi connectivity index (χ4v) is 4.25. The van der Waals surface area contributed by atoms with Crippen LogP contribution in [-0.4, -0.2) is 29.1 Å². The highest BCUT2D eigenvalue weighted by molar-refractivity contribution is 5.39. The summed E-state index contributed by atoms with van der Waals surface area (Å²) >= 11 is 0. The zero-order chi connectivity index (χ0) is 15.9. The highest BCUT2D eigenvalue weighted by Gasteiger charge is 2.44. The molecule has 1 aromatic rings. The maximum Gasteiger partial charge on any atom is 0.124 e. The summed E-state index contributed by atoms with van der Waals surface area (Å²) in [5.74, 6) is 1.27. The molecule has 4 atom stereocenters. The van der Waals surface area contributed by atoms with Gasteiger partial charge in [0.2, 0.25) is 0 Å². The summed E-state index contributed by atoms with van der Waals surface area (Å²) in [5, 5.41) is 0. The third kappa shape index (κ3) is 2.77. The van der Waals surface area contributed by atoms with Gasteiger partial charge in [0.1, 0.15) is 11.4 Å². The van der Waals surface area contributed by atoms with Crippen LogP contribution in [0.5, 0.6) is 5.75 Å². The molecule has 3 nitrogen and oxygen atoms in total. The molecule has 4 unspecified atom stereocenters. The number of likely N-dealkylation sites (tertiary alicyclic amines) is 1. The second-order valence-electron chi connectivity index (χ2n) is 7.70. The van der Waals surface area contributed by atoms with E-state index in [9.17, 15) is 0 Å². The summed E-state index contributed by atoms with van der Waals surface area (Å²) in [6.45, 7) is 10.1. The van der Waals surface area contributed by atoms with Crippen molar-refractivity contribution in [2.75, 3.05) is 6.54 Å². The molecule has 0 bridgehead atoms. The minimum atomic E-state index is -0.231. The van der Waals surface area contributed by atoms with Gasteiger partial charge in [-0.2, -0.15) is 0 Å². The Bertz CT molecular complexity index is 518. The van der Waals surface area contributed by atoms with Gasteiger partial charge in [-0.25, -0.2) is 0 Å². The average molecular weight is 302 g/mol. The van der Waals surface area contributed by atoms with Crippen molar-refractivity contribution in [3.05, 3.63) is 29.8 Å². The minimum absolute atomic E-state index is 0.0428. The van der Waals surface area contributed by atoms with Gasteiger partial charge in [-0.3, -0.25) is 4.90 Å². The number of rotatable bonds is 2. The minimum Gasteiger partial charge on any atom is -0.487 e. The number of ether oxygens (including phenoxy) is 1. The van der Waals surface area contributed by atoms with Gasteiger partial charge in [-0.05, 0) is 46.6 Å². The lowest BCUT2D eigenvalue weighted by atomic mass is 9.77. The van der Waals surface area contributed by atoms with Crippen LogP contribution in [0.25, 0.3) is 0 Å². The van der Waals surface area contributed by atoms with Crippen molar-refractivity contribution in [3.8, 4) is 5.75 Å². The quantitative estimate of drug-likeness (QED) is 0.904. The summed E-state index contributed by atoms with van der Waals surface area (Å²) in [5.41, 5.74) is 7.59. The normalized spacial score (nSPS) is 34.8. The van der Waals surface area contributed by atoms with Crippen LogP contribution >= 0.6 is 0 Å². The first-order valence-electron chi connectivity index (χ1n) is 8.69. The maximum atomic E-state index is 6.67. The molecule has 1 aromatic carbocycles. The molecular weight excluding hydrogens is 272 g/mol. The fraction of sp³-hybridized carbons (Fsp3) is 0.684. The molecule has 1 saturated heterocycles. The van der Waals surface area contributed by atoms with Crippen molar-refractivity contribution in [1.82, 2.24) is 4.90 Å². The van der Waals surface area contributed by atoms with Crippen molar-refractivity contribution >= 4 is 0 Å². The van der Waals surface area contributed by atoms with Gasteiger partial charge in [0, 0.05) is 36.2 Å². The smallest absolute Gasteiger partial charge is 0.124 e. The molecule has 0 radical (unpaired) electrons. The Labute approximate surface area is 134 Å². The second-order valence-corrected chi connectivity index (χ2v) is 7.70. The Morgan fingerprint density at radius 3 is 2.50 bits per heavy atom. The molecule has 0 saturated carbocycles. The van der Waals surface area contributed by atoms with E-state index in [0.29, 0.717) is 18.0 Å². The van der Waals surface area contributed by atoms with E-state index in [-0.39, 0.29) is 11.6 Å². The lowest BCUT2D eigenvalue weighted by Crippen LogP contribution is -2.55. The molecule has 2 heterocycles. The largest absolute Gasteiger partial charge is 0.487 e. The predicted octanol–water partition coefficient (Wildman–Crippen LogP) is 3.74. The van der Waals surface area contributed by atoms with Gasteiger partial charge in [-0.15, -0.1) is 0 Å². The summed E-state index contributed by atoms with van der Waals surface area (Å²) < 4.78 is 6.31. The van der Waals surface area contributed by atoms with E-state index in [2.05, 4.69) is 44.7 Å². The standard InChI is InChI=1S/C19H30N2O/c1-13-8-7-9-14(2)21(13)12-16-18(20)15-10-5-6-11-17(15)22-19(16,3)4/h5-6,10-11,13-14,16,18H,7-9,12,20H2,1-4H3. The van der Waals surface area contributed by atoms with Gasteiger partial charge in [-0.1, -0.05) is 24.6 Å². The van der Waals surface area contributed by atoms with Crippen LogP contribution < -0.4 is 10.5 Å². The van der Waals surface area contributed by atoms with Crippen LogP contribution in [0.15, 0.2) is 24.3 Å². The Balaban J connectivity index is 1.86. The van der Waals surface area contributed by atoms with Crippen LogP contribution in [0.3, 0.4) is 0 Å². The van der Waals surface area contributed by atoms with Crippen molar-refractivity contribution < 1.29 is 4.74 Å². The molecule has 1 fully saturated rings. The maximum absolute atomic E-state index is 6.67. The summed E-state index contributed by atoms with van der Waals surface area (Å²) in [6, 6.07) is 9.57. The lowest BCUT2D eigenvalue weighted by molar-refractivity contribution is -0.0268. The Kier molecular flexibility index (Phi) is 4.21. The van der Waals surface area contributed by atoms with Crippen molar-refractivity contribution in [3.63, 3.8) is 0 Å². The molecule has 2 aliphatic heterocycles. The Morgan fingerprint density at radius 2 is 1.82 bits per heavy atom. The number of hydrogen-bond acceptors (Lipinski definition) is 3. The topological polar surface area (TPSA) is 38.5 Å². The van der Waals surface area contributed by atoms with E-state index in [1.54, 1.807) is 0 Å². The molecule has 0 aromatic heterocycles. The molecule has 0 amide bonds. The van der Waals surface area contributed by atoms with Crippen molar-refractivity contribution in [2.45, 2.75) is 70.7 Å². The number of para-hydroxylation sites is 1. The van der Waals surface area contributed by atoms with Crippen LogP contribution in [-0.2, 0) is 0 Å². The number of hydrogen-bond donors (Lipinski definition) is 1. The molecule has 0 spiro atoms. The summed E-state index contributed by atoms with van der Waals surface area (Å²) in [6.07, 6.45) is 3.94. The Morgan fingerprint density at radius 1 is 1.18 bits per heavy atom. The van der Waals surface area contributed by atoms with Crippen LogP contribution in [0.1, 0.15) is 58.6 Å². The zero-order valence-electron chi connectivity index (χ0n) is 14.4. The van der Waals surface area contributed by atoms with Crippen LogP contribution in [0.2, 0.25) is 0 Å². The Hall–Kier alpha value is -1.06. The molecule has 3 heteroatoms. The van der Waals surface area contributed by atoms with E-state index in [1.807, 2.05) is 12.1 Å². The molecular formula is C19H30N2O.